The van der Waals surface area contributed by atoms with Gasteiger partial charge in [0.2, 0.25) is 0 Å². The van der Waals surface area contributed by atoms with Crippen LogP contribution in [0.4, 0.5) is 0 Å². The lowest BCUT2D eigenvalue weighted by Crippen LogP contribution is -2.23. The molecule has 0 atom stereocenters. The molecule has 2 heteroatoms. The summed E-state index contributed by atoms with van der Waals surface area (Å²) in [7, 11) is 0. The molecule has 0 fully saturated rings. The predicted molar refractivity (Wildman–Crippen MR) is 65.1 cm³/mol. The minimum absolute atomic E-state index is 0.467. The largest absolute Gasteiger partial charge is 0.377 e. The van der Waals surface area contributed by atoms with Crippen molar-refractivity contribution in [1.29, 1.82) is 0 Å². The van der Waals surface area contributed by atoms with Gasteiger partial charge in [0.25, 0.3) is 0 Å². The molecule has 1 N–H and O–H groups in total. The van der Waals surface area contributed by atoms with E-state index in [9.17, 15) is 0 Å². The molecule has 0 aromatic carbocycles. The Kier molecular flexibility index (Phi) is 5.34. The first kappa shape index (κ1) is 12.7. The van der Waals surface area contributed by atoms with Crippen molar-refractivity contribution in [3.05, 3.63) is 11.6 Å². The summed E-state index contributed by atoms with van der Waals surface area (Å²) in [6.07, 6.45) is 5.94. The highest BCUT2D eigenvalue weighted by molar-refractivity contribution is 5.06. The van der Waals surface area contributed by atoms with Crippen LogP contribution < -0.4 is 5.32 Å². The van der Waals surface area contributed by atoms with Gasteiger partial charge in [-0.3, -0.25) is 0 Å². The van der Waals surface area contributed by atoms with Gasteiger partial charge >= 0.3 is 0 Å². The molecule has 88 valence electrons. The van der Waals surface area contributed by atoms with Crippen LogP contribution in [-0.2, 0) is 4.74 Å². The van der Waals surface area contributed by atoms with Crippen molar-refractivity contribution in [3.63, 3.8) is 0 Å². The first-order valence-corrected chi connectivity index (χ1v) is 6.04. The van der Waals surface area contributed by atoms with Crippen molar-refractivity contribution in [2.24, 2.45) is 5.41 Å². The molecule has 0 bridgehead atoms. The van der Waals surface area contributed by atoms with E-state index in [0.29, 0.717) is 5.41 Å². The molecule has 0 amide bonds. The molecule has 1 aliphatic rings. The third-order valence-corrected chi connectivity index (χ3v) is 2.62. The fourth-order valence-electron chi connectivity index (χ4n) is 1.72. The molecule has 0 aromatic rings. The first-order chi connectivity index (χ1) is 7.08. The third-order valence-electron chi connectivity index (χ3n) is 2.62. The average Bonchev–Trinajstić information content (AvgIpc) is 2.17. The monoisotopic (exact) mass is 211 g/mol. The number of rotatable bonds is 5. The molecule has 2 nitrogen and oxygen atoms in total. The van der Waals surface area contributed by atoms with Gasteiger partial charge in [0.1, 0.15) is 0 Å². The van der Waals surface area contributed by atoms with Crippen LogP contribution in [0.15, 0.2) is 11.6 Å². The van der Waals surface area contributed by atoms with Gasteiger partial charge in [0.05, 0.1) is 13.2 Å². The molecule has 0 saturated carbocycles. The highest BCUT2D eigenvalue weighted by Crippen LogP contribution is 2.19. The van der Waals surface area contributed by atoms with Crippen LogP contribution in [0.25, 0.3) is 0 Å². The zero-order valence-corrected chi connectivity index (χ0v) is 10.4. The van der Waals surface area contributed by atoms with Crippen molar-refractivity contribution >= 4 is 0 Å². The highest BCUT2D eigenvalue weighted by atomic mass is 16.5. The quantitative estimate of drug-likeness (QED) is 0.558. The maximum atomic E-state index is 5.39. The Labute approximate surface area is 94.1 Å². The minimum atomic E-state index is 0.467. The molecule has 1 heterocycles. The van der Waals surface area contributed by atoms with E-state index in [-0.39, 0.29) is 0 Å². The number of hydrogen-bond acceptors (Lipinski definition) is 2. The fraction of sp³-hybridized carbons (Fsp3) is 0.846. The summed E-state index contributed by atoms with van der Waals surface area (Å²) in [6.45, 7) is 10.7. The molecule has 0 aromatic heterocycles. The maximum Gasteiger partial charge on any atom is 0.0689 e. The van der Waals surface area contributed by atoms with Gasteiger partial charge in [-0.25, -0.2) is 0 Å². The van der Waals surface area contributed by atoms with Gasteiger partial charge in [-0.15, -0.1) is 0 Å². The van der Waals surface area contributed by atoms with E-state index in [2.05, 4.69) is 32.2 Å². The fourth-order valence-corrected chi connectivity index (χ4v) is 1.72. The zero-order valence-electron chi connectivity index (χ0n) is 10.4. The lowest BCUT2D eigenvalue weighted by molar-refractivity contribution is 0.148. The summed E-state index contributed by atoms with van der Waals surface area (Å²) in [5, 5.41) is 3.48. The molecule has 0 unspecified atom stereocenters. The summed E-state index contributed by atoms with van der Waals surface area (Å²) in [6, 6.07) is 0. The van der Waals surface area contributed by atoms with E-state index in [1.807, 2.05) is 0 Å². The SMILES string of the molecule is CC(C)(C)CCCNCC1=CCCOC1. The van der Waals surface area contributed by atoms with Gasteiger partial charge in [0, 0.05) is 6.54 Å². The summed E-state index contributed by atoms with van der Waals surface area (Å²) in [4.78, 5) is 0. The van der Waals surface area contributed by atoms with Crippen LogP contribution in [0.1, 0.15) is 40.0 Å². The van der Waals surface area contributed by atoms with Crippen LogP contribution >= 0.6 is 0 Å². The zero-order chi connectivity index (χ0) is 11.1. The van der Waals surface area contributed by atoms with Crippen LogP contribution in [-0.4, -0.2) is 26.3 Å². The number of hydrogen-bond donors (Lipinski definition) is 1. The lowest BCUT2D eigenvalue weighted by atomic mass is 9.91. The van der Waals surface area contributed by atoms with E-state index >= 15 is 0 Å². The Bertz CT molecular complexity index is 203. The van der Waals surface area contributed by atoms with Gasteiger partial charge in [-0.2, -0.15) is 0 Å². The molecular weight excluding hydrogens is 186 g/mol. The van der Waals surface area contributed by atoms with Crippen molar-refractivity contribution in [2.45, 2.75) is 40.0 Å². The molecule has 0 aliphatic carbocycles. The Morgan fingerprint density at radius 2 is 2.20 bits per heavy atom. The smallest absolute Gasteiger partial charge is 0.0689 e. The molecule has 15 heavy (non-hydrogen) atoms. The molecular formula is C13H25NO. The van der Waals surface area contributed by atoms with Gasteiger partial charge in [-0.1, -0.05) is 26.8 Å². The summed E-state index contributed by atoms with van der Waals surface area (Å²) >= 11 is 0. The Balaban J connectivity index is 1.99. The molecule has 0 radical (unpaired) electrons. The van der Waals surface area contributed by atoms with Gasteiger partial charge in [0.15, 0.2) is 0 Å². The standard InChI is InChI=1S/C13H25NO/c1-13(2,3)7-5-8-14-10-12-6-4-9-15-11-12/h6,14H,4-5,7-11H2,1-3H3. The Hall–Kier alpha value is -0.340. The second-order valence-corrected chi connectivity index (χ2v) is 5.54. The molecule has 0 spiro atoms. The molecule has 1 aliphatic heterocycles. The second kappa shape index (κ2) is 6.29. The van der Waals surface area contributed by atoms with Crippen LogP contribution in [0.5, 0.6) is 0 Å². The molecule has 0 saturated heterocycles. The molecule has 1 rings (SSSR count). The van der Waals surface area contributed by atoms with Crippen LogP contribution in [0.3, 0.4) is 0 Å². The van der Waals surface area contributed by atoms with E-state index in [0.717, 1.165) is 32.7 Å². The van der Waals surface area contributed by atoms with E-state index in [4.69, 9.17) is 4.74 Å². The highest BCUT2D eigenvalue weighted by Gasteiger charge is 2.09. The first-order valence-electron chi connectivity index (χ1n) is 6.04. The van der Waals surface area contributed by atoms with Gasteiger partial charge < -0.3 is 10.1 Å². The van der Waals surface area contributed by atoms with E-state index in [1.54, 1.807) is 0 Å². The second-order valence-electron chi connectivity index (χ2n) is 5.54. The topological polar surface area (TPSA) is 21.3 Å². The predicted octanol–water partition coefficient (Wildman–Crippen LogP) is 2.75. The number of ether oxygens (including phenoxy) is 1. The normalized spacial score (nSPS) is 17.7. The maximum absolute atomic E-state index is 5.39. The van der Waals surface area contributed by atoms with Gasteiger partial charge in [-0.05, 0) is 36.8 Å². The lowest BCUT2D eigenvalue weighted by Gasteiger charge is -2.18. The Morgan fingerprint density at radius 1 is 1.40 bits per heavy atom. The number of nitrogens with one attached hydrogen (secondary N) is 1. The summed E-state index contributed by atoms with van der Waals surface area (Å²) in [5.74, 6) is 0. The van der Waals surface area contributed by atoms with Crippen LogP contribution in [0.2, 0.25) is 0 Å². The Morgan fingerprint density at radius 3 is 2.80 bits per heavy atom. The average molecular weight is 211 g/mol. The van der Waals surface area contributed by atoms with E-state index in [1.165, 1.54) is 18.4 Å². The van der Waals surface area contributed by atoms with Crippen molar-refractivity contribution < 1.29 is 4.74 Å². The van der Waals surface area contributed by atoms with Crippen molar-refractivity contribution in [3.8, 4) is 0 Å². The third kappa shape index (κ3) is 6.69. The van der Waals surface area contributed by atoms with Crippen molar-refractivity contribution in [2.75, 3.05) is 26.3 Å². The van der Waals surface area contributed by atoms with Crippen molar-refractivity contribution in [1.82, 2.24) is 5.32 Å². The van der Waals surface area contributed by atoms with Crippen LogP contribution in [0, 0.1) is 5.41 Å². The summed E-state index contributed by atoms with van der Waals surface area (Å²) in [5.41, 5.74) is 1.88. The summed E-state index contributed by atoms with van der Waals surface area (Å²) < 4.78 is 5.39. The minimum Gasteiger partial charge on any atom is -0.377 e. The van der Waals surface area contributed by atoms with E-state index < -0.39 is 0 Å².